The number of alkyl halides is 1. The van der Waals surface area contributed by atoms with Gasteiger partial charge in [-0.25, -0.2) is 0 Å². The molecule has 2 atom stereocenters. The highest BCUT2D eigenvalue weighted by Gasteiger charge is 2.31. The number of para-hydroxylation sites is 1. The molecule has 0 spiro atoms. The van der Waals surface area contributed by atoms with Crippen LogP contribution in [0, 0.1) is 5.92 Å². The van der Waals surface area contributed by atoms with E-state index in [0.29, 0.717) is 11.8 Å². The maximum absolute atomic E-state index is 5.97. The van der Waals surface area contributed by atoms with E-state index in [9.17, 15) is 0 Å². The van der Waals surface area contributed by atoms with Crippen LogP contribution in [0.25, 0.3) is 5.69 Å². The molecular formula is C14H16ClN3O. The van der Waals surface area contributed by atoms with Crippen molar-refractivity contribution in [3.8, 4) is 5.69 Å². The van der Waals surface area contributed by atoms with E-state index in [0.717, 1.165) is 30.4 Å². The lowest BCUT2D eigenvalue weighted by Gasteiger charge is -2.16. The van der Waals surface area contributed by atoms with Gasteiger partial charge in [-0.05, 0) is 24.5 Å². The Bertz CT molecular complexity index is 555. The number of benzene rings is 1. The van der Waals surface area contributed by atoms with Crippen LogP contribution in [0.2, 0.25) is 0 Å². The lowest BCUT2D eigenvalue weighted by atomic mass is 10.0. The van der Waals surface area contributed by atoms with Crippen molar-refractivity contribution in [3.05, 3.63) is 42.0 Å². The van der Waals surface area contributed by atoms with E-state index in [1.165, 1.54) is 0 Å². The van der Waals surface area contributed by atoms with Crippen molar-refractivity contribution >= 4 is 11.6 Å². The van der Waals surface area contributed by atoms with Gasteiger partial charge in [0, 0.05) is 12.3 Å². The predicted molar refractivity (Wildman–Crippen MR) is 73.4 cm³/mol. The zero-order chi connectivity index (χ0) is 13.2. The normalized spacial score (nSPS) is 22.8. The van der Waals surface area contributed by atoms with Crippen molar-refractivity contribution in [2.45, 2.75) is 25.3 Å². The second-order valence-corrected chi connectivity index (χ2v) is 5.10. The first kappa shape index (κ1) is 12.6. The van der Waals surface area contributed by atoms with Crippen LogP contribution in [0.1, 0.15) is 31.1 Å². The summed E-state index contributed by atoms with van der Waals surface area (Å²) in [6.45, 7) is 2.96. The largest absolute Gasteiger partial charge is 0.370 e. The molecule has 1 aromatic carbocycles. The highest BCUT2D eigenvalue weighted by molar-refractivity contribution is 6.16. The Balaban J connectivity index is 2.08. The molecule has 0 aliphatic carbocycles. The Labute approximate surface area is 117 Å². The Hall–Kier alpha value is -1.39. The number of aromatic nitrogens is 3. The zero-order valence-electron chi connectivity index (χ0n) is 10.8. The van der Waals surface area contributed by atoms with Crippen molar-refractivity contribution in [2.75, 3.05) is 6.61 Å². The molecule has 1 aliphatic heterocycles. The van der Waals surface area contributed by atoms with E-state index < -0.39 is 0 Å². The minimum Gasteiger partial charge on any atom is -0.370 e. The third kappa shape index (κ3) is 2.26. The van der Waals surface area contributed by atoms with Crippen LogP contribution in [0.4, 0.5) is 0 Å². The summed E-state index contributed by atoms with van der Waals surface area (Å²) >= 11 is 5.97. The van der Waals surface area contributed by atoms with Gasteiger partial charge >= 0.3 is 0 Å². The lowest BCUT2D eigenvalue weighted by Crippen LogP contribution is -2.12. The van der Waals surface area contributed by atoms with Crippen LogP contribution in [-0.2, 0) is 10.6 Å². The van der Waals surface area contributed by atoms with Gasteiger partial charge < -0.3 is 4.74 Å². The predicted octanol–water partition coefficient (Wildman–Crippen LogP) is 3.10. The molecule has 1 aliphatic rings. The van der Waals surface area contributed by atoms with Crippen LogP contribution in [0.5, 0.6) is 0 Å². The average molecular weight is 278 g/mol. The second kappa shape index (κ2) is 5.31. The molecular weight excluding hydrogens is 262 g/mol. The molecule has 5 heteroatoms. The first-order chi connectivity index (χ1) is 9.31. The van der Waals surface area contributed by atoms with E-state index in [4.69, 9.17) is 16.3 Å². The summed E-state index contributed by atoms with van der Waals surface area (Å²) in [6, 6.07) is 10.0. The summed E-state index contributed by atoms with van der Waals surface area (Å²) in [7, 11) is 0. The van der Waals surface area contributed by atoms with Gasteiger partial charge in [0.05, 0.1) is 5.88 Å². The fraction of sp³-hybridized carbons (Fsp3) is 0.429. The Morgan fingerprint density at radius 1 is 1.32 bits per heavy atom. The molecule has 0 saturated carbocycles. The van der Waals surface area contributed by atoms with Gasteiger partial charge in [-0.2, -0.15) is 0 Å². The average Bonchev–Trinajstić information content (AvgIpc) is 3.05. The summed E-state index contributed by atoms with van der Waals surface area (Å²) in [4.78, 5) is 0. The number of ether oxygens (including phenoxy) is 1. The molecule has 4 nitrogen and oxygen atoms in total. The molecule has 2 unspecified atom stereocenters. The minimum atomic E-state index is 0.00433. The second-order valence-electron chi connectivity index (χ2n) is 4.84. The van der Waals surface area contributed by atoms with Gasteiger partial charge in [0.15, 0.2) is 11.6 Å². The quantitative estimate of drug-likeness (QED) is 0.810. The molecule has 0 radical (unpaired) electrons. The van der Waals surface area contributed by atoms with Crippen molar-refractivity contribution in [1.29, 1.82) is 0 Å². The maximum Gasteiger partial charge on any atom is 0.167 e. The monoisotopic (exact) mass is 277 g/mol. The summed E-state index contributed by atoms with van der Waals surface area (Å²) < 4.78 is 7.82. The van der Waals surface area contributed by atoms with Crippen LogP contribution < -0.4 is 0 Å². The van der Waals surface area contributed by atoms with E-state index in [1.807, 2.05) is 34.9 Å². The molecule has 2 aromatic rings. The van der Waals surface area contributed by atoms with Crippen LogP contribution in [0.15, 0.2) is 30.3 Å². The molecule has 2 heterocycles. The molecule has 0 N–H and O–H groups in total. The van der Waals surface area contributed by atoms with Gasteiger partial charge in [0.25, 0.3) is 0 Å². The van der Waals surface area contributed by atoms with E-state index in [1.54, 1.807) is 0 Å². The molecule has 19 heavy (non-hydrogen) atoms. The van der Waals surface area contributed by atoms with E-state index in [-0.39, 0.29) is 6.10 Å². The Kier molecular flexibility index (Phi) is 3.53. The van der Waals surface area contributed by atoms with Crippen molar-refractivity contribution in [3.63, 3.8) is 0 Å². The maximum atomic E-state index is 5.97. The molecule has 100 valence electrons. The van der Waals surface area contributed by atoms with Crippen molar-refractivity contribution in [2.24, 2.45) is 5.92 Å². The van der Waals surface area contributed by atoms with E-state index in [2.05, 4.69) is 17.1 Å². The molecule has 1 aromatic heterocycles. The number of halogens is 1. The van der Waals surface area contributed by atoms with Gasteiger partial charge in [0.1, 0.15) is 6.10 Å². The van der Waals surface area contributed by atoms with Gasteiger partial charge in [0.2, 0.25) is 0 Å². The van der Waals surface area contributed by atoms with Gasteiger partial charge in [-0.1, -0.05) is 25.1 Å². The Morgan fingerprint density at radius 3 is 2.74 bits per heavy atom. The van der Waals surface area contributed by atoms with Crippen LogP contribution >= 0.6 is 11.6 Å². The zero-order valence-corrected chi connectivity index (χ0v) is 11.5. The standard InChI is InChI=1S/C14H16ClN3O/c1-10-7-8-19-13(10)14-17-16-12(9-15)18(14)11-5-3-2-4-6-11/h2-6,10,13H,7-9H2,1H3. The molecule has 0 bridgehead atoms. The molecule has 1 saturated heterocycles. The summed E-state index contributed by atoms with van der Waals surface area (Å²) in [5, 5.41) is 8.49. The van der Waals surface area contributed by atoms with Crippen molar-refractivity contribution in [1.82, 2.24) is 14.8 Å². The first-order valence-corrected chi connectivity index (χ1v) is 7.02. The number of hydrogen-bond acceptors (Lipinski definition) is 3. The van der Waals surface area contributed by atoms with E-state index >= 15 is 0 Å². The minimum absolute atomic E-state index is 0.00433. The number of rotatable bonds is 3. The van der Waals surface area contributed by atoms with Crippen LogP contribution in [-0.4, -0.2) is 21.4 Å². The summed E-state index contributed by atoms with van der Waals surface area (Å²) in [5.74, 6) is 2.40. The SMILES string of the molecule is CC1CCOC1c1nnc(CCl)n1-c1ccccc1. The van der Waals surface area contributed by atoms with Gasteiger partial charge in [-0.15, -0.1) is 21.8 Å². The molecule has 1 fully saturated rings. The summed E-state index contributed by atoms with van der Waals surface area (Å²) in [6.07, 6.45) is 1.06. The highest BCUT2D eigenvalue weighted by atomic mass is 35.5. The topological polar surface area (TPSA) is 39.9 Å². The molecule has 0 amide bonds. The number of hydrogen-bond donors (Lipinski definition) is 0. The number of nitrogens with zero attached hydrogens (tertiary/aromatic N) is 3. The first-order valence-electron chi connectivity index (χ1n) is 6.48. The summed E-state index contributed by atoms with van der Waals surface area (Å²) in [5.41, 5.74) is 1.03. The van der Waals surface area contributed by atoms with Gasteiger partial charge in [-0.3, -0.25) is 4.57 Å². The lowest BCUT2D eigenvalue weighted by molar-refractivity contribution is 0.0857. The highest BCUT2D eigenvalue weighted by Crippen LogP contribution is 2.34. The van der Waals surface area contributed by atoms with Crippen LogP contribution in [0.3, 0.4) is 0 Å². The third-order valence-corrected chi connectivity index (χ3v) is 3.77. The third-order valence-electron chi connectivity index (χ3n) is 3.53. The molecule has 3 rings (SSSR count). The fourth-order valence-electron chi connectivity index (χ4n) is 2.49. The van der Waals surface area contributed by atoms with Crippen molar-refractivity contribution < 1.29 is 4.74 Å². The smallest absolute Gasteiger partial charge is 0.167 e. The Morgan fingerprint density at radius 2 is 2.11 bits per heavy atom. The fourth-order valence-corrected chi connectivity index (χ4v) is 2.66.